The number of aryl methyl sites for hydroxylation is 1. The summed E-state index contributed by atoms with van der Waals surface area (Å²) in [6, 6.07) is 4.76. The van der Waals surface area contributed by atoms with Gasteiger partial charge in [0, 0.05) is 12.1 Å². The summed E-state index contributed by atoms with van der Waals surface area (Å²) in [5, 5.41) is 2.70. The van der Waals surface area contributed by atoms with E-state index >= 15 is 0 Å². The summed E-state index contributed by atoms with van der Waals surface area (Å²) in [7, 11) is 0. The van der Waals surface area contributed by atoms with Crippen molar-refractivity contribution in [1.82, 2.24) is 9.97 Å². The standard InChI is InChI=1S/C11H8BrF2N3/c1-6-15-10(12)5-11(16-6)17-9-4-7(13)2-3-8(9)14/h2-5H,1H3,(H,15,16,17). The lowest BCUT2D eigenvalue weighted by Gasteiger charge is -2.07. The first-order chi connectivity index (χ1) is 8.04. The van der Waals surface area contributed by atoms with Gasteiger partial charge in [-0.1, -0.05) is 0 Å². The number of halogens is 3. The van der Waals surface area contributed by atoms with Gasteiger partial charge in [0.2, 0.25) is 0 Å². The van der Waals surface area contributed by atoms with Crippen LogP contribution in [-0.4, -0.2) is 9.97 Å². The van der Waals surface area contributed by atoms with E-state index in [1.165, 1.54) is 0 Å². The highest BCUT2D eigenvalue weighted by molar-refractivity contribution is 9.10. The number of nitrogens with one attached hydrogen (secondary N) is 1. The van der Waals surface area contributed by atoms with Crippen molar-refractivity contribution in [2.75, 3.05) is 5.32 Å². The van der Waals surface area contributed by atoms with E-state index in [4.69, 9.17) is 0 Å². The Hall–Kier alpha value is -1.56. The Labute approximate surface area is 105 Å². The Morgan fingerprint density at radius 2 is 1.94 bits per heavy atom. The van der Waals surface area contributed by atoms with Crippen LogP contribution >= 0.6 is 15.9 Å². The summed E-state index contributed by atoms with van der Waals surface area (Å²) in [6.45, 7) is 1.71. The summed E-state index contributed by atoms with van der Waals surface area (Å²) >= 11 is 3.20. The van der Waals surface area contributed by atoms with Crippen molar-refractivity contribution in [3.05, 3.63) is 46.3 Å². The van der Waals surface area contributed by atoms with Crippen LogP contribution in [0.3, 0.4) is 0 Å². The highest BCUT2D eigenvalue weighted by atomic mass is 79.9. The molecule has 0 fully saturated rings. The molecule has 0 atom stereocenters. The van der Waals surface area contributed by atoms with Crippen LogP contribution in [0.4, 0.5) is 20.3 Å². The van der Waals surface area contributed by atoms with Gasteiger partial charge in [0.1, 0.15) is 27.9 Å². The number of hydrogen-bond acceptors (Lipinski definition) is 3. The van der Waals surface area contributed by atoms with Crippen molar-refractivity contribution < 1.29 is 8.78 Å². The van der Waals surface area contributed by atoms with Gasteiger partial charge in [-0.05, 0) is 35.0 Å². The molecule has 0 radical (unpaired) electrons. The van der Waals surface area contributed by atoms with E-state index < -0.39 is 11.6 Å². The highest BCUT2D eigenvalue weighted by Gasteiger charge is 2.06. The predicted octanol–water partition coefficient (Wildman–Crippen LogP) is 3.57. The number of hydrogen-bond donors (Lipinski definition) is 1. The summed E-state index contributed by atoms with van der Waals surface area (Å²) < 4.78 is 26.9. The molecule has 1 heterocycles. The molecule has 0 unspecified atom stereocenters. The molecule has 2 rings (SSSR count). The zero-order valence-corrected chi connectivity index (χ0v) is 10.4. The largest absolute Gasteiger partial charge is 0.338 e. The molecule has 0 aliphatic heterocycles. The Morgan fingerprint density at radius 1 is 1.18 bits per heavy atom. The zero-order chi connectivity index (χ0) is 12.4. The van der Waals surface area contributed by atoms with Crippen LogP contribution in [0.15, 0.2) is 28.9 Å². The molecule has 0 spiro atoms. The third-order valence-corrected chi connectivity index (χ3v) is 2.40. The van der Waals surface area contributed by atoms with Gasteiger partial charge in [0.15, 0.2) is 0 Å². The van der Waals surface area contributed by atoms with Gasteiger partial charge in [-0.15, -0.1) is 0 Å². The molecule has 2 aromatic rings. The molecule has 0 aliphatic rings. The van der Waals surface area contributed by atoms with E-state index in [-0.39, 0.29) is 5.69 Å². The Kier molecular flexibility index (Phi) is 3.33. The van der Waals surface area contributed by atoms with Crippen LogP contribution in [-0.2, 0) is 0 Å². The zero-order valence-electron chi connectivity index (χ0n) is 8.84. The van der Waals surface area contributed by atoms with E-state index in [1.54, 1.807) is 13.0 Å². The second kappa shape index (κ2) is 4.75. The first-order valence-electron chi connectivity index (χ1n) is 4.78. The van der Waals surface area contributed by atoms with Crippen LogP contribution in [0.2, 0.25) is 0 Å². The molecule has 0 saturated heterocycles. The van der Waals surface area contributed by atoms with Gasteiger partial charge in [0.05, 0.1) is 5.69 Å². The molecule has 0 aliphatic carbocycles. The molecule has 0 bridgehead atoms. The van der Waals surface area contributed by atoms with Crippen LogP contribution in [0.25, 0.3) is 0 Å². The van der Waals surface area contributed by atoms with Crippen LogP contribution in [0.5, 0.6) is 0 Å². The molecule has 1 aromatic heterocycles. The Balaban J connectivity index is 2.34. The number of nitrogens with zero attached hydrogens (tertiary/aromatic N) is 2. The fourth-order valence-electron chi connectivity index (χ4n) is 1.33. The second-order valence-electron chi connectivity index (χ2n) is 3.37. The van der Waals surface area contributed by atoms with E-state index in [2.05, 4.69) is 31.2 Å². The minimum Gasteiger partial charge on any atom is -0.338 e. The first kappa shape index (κ1) is 11.9. The van der Waals surface area contributed by atoms with Gasteiger partial charge >= 0.3 is 0 Å². The molecule has 88 valence electrons. The normalized spacial score (nSPS) is 10.4. The minimum absolute atomic E-state index is 0.0370. The van der Waals surface area contributed by atoms with E-state index in [9.17, 15) is 8.78 Å². The number of rotatable bonds is 2. The third-order valence-electron chi connectivity index (χ3n) is 2.00. The molecule has 0 saturated carbocycles. The van der Waals surface area contributed by atoms with Crippen molar-refractivity contribution in [2.24, 2.45) is 0 Å². The van der Waals surface area contributed by atoms with Crippen molar-refractivity contribution in [3.63, 3.8) is 0 Å². The number of benzene rings is 1. The van der Waals surface area contributed by atoms with E-state index in [1.807, 2.05) is 0 Å². The molecule has 3 nitrogen and oxygen atoms in total. The molecule has 1 N–H and O–H groups in total. The summed E-state index contributed by atoms with van der Waals surface area (Å²) in [5.41, 5.74) is 0.0370. The predicted molar refractivity (Wildman–Crippen MR) is 64.1 cm³/mol. The average molecular weight is 300 g/mol. The molecule has 0 amide bonds. The van der Waals surface area contributed by atoms with Crippen molar-refractivity contribution in [1.29, 1.82) is 0 Å². The minimum atomic E-state index is -0.543. The van der Waals surface area contributed by atoms with E-state index in [0.29, 0.717) is 16.2 Å². The monoisotopic (exact) mass is 299 g/mol. The fraction of sp³-hybridized carbons (Fsp3) is 0.0909. The van der Waals surface area contributed by atoms with Gasteiger partial charge in [-0.2, -0.15) is 0 Å². The number of aromatic nitrogens is 2. The fourth-order valence-corrected chi connectivity index (χ4v) is 1.80. The molecule has 6 heteroatoms. The third kappa shape index (κ3) is 2.97. The SMILES string of the molecule is Cc1nc(Br)cc(Nc2cc(F)ccc2F)n1. The summed E-state index contributed by atoms with van der Waals surface area (Å²) in [4.78, 5) is 8.07. The number of anilines is 2. The van der Waals surface area contributed by atoms with Crippen molar-refractivity contribution >= 4 is 27.4 Å². The Bertz CT molecular complexity index is 540. The molecule has 1 aromatic carbocycles. The topological polar surface area (TPSA) is 37.8 Å². The highest BCUT2D eigenvalue weighted by Crippen LogP contribution is 2.21. The van der Waals surface area contributed by atoms with Crippen molar-refractivity contribution in [2.45, 2.75) is 6.92 Å². The summed E-state index contributed by atoms with van der Waals surface area (Å²) in [6.07, 6.45) is 0. The van der Waals surface area contributed by atoms with Crippen LogP contribution in [0, 0.1) is 18.6 Å². The van der Waals surface area contributed by atoms with Crippen LogP contribution < -0.4 is 5.32 Å². The Morgan fingerprint density at radius 3 is 2.65 bits per heavy atom. The maximum Gasteiger partial charge on any atom is 0.146 e. The van der Waals surface area contributed by atoms with E-state index in [0.717, 1.165) is 18.2 Å². The van der Waals surface area contributed by atoms with Gasteiger partial charge < -0.3 is 5.32 Å². The maximum atomic E-state index is 13.4. The lowest BCUT2D eigenvalue weighted by molar-refractivity contribution is 0.603. The second-order valence-corrected chi connectivity index (χ2v) is 4.18. The summed E-state index contributed by atoms with van der Waals surface area (Å²) in [5.74, 6) is -0.134. The maximum absolute atomic E-state index is 13.4. The molecular formula is C11H8BrF2N3. The lowest BCUT2D eigenvalue weighted by Crippen LogP contribution is -1.99. The molecule has 17 heavy (non-hydrogen) atoms. The first-order valence-corrected chi connectivity index (χ1v) is 5.57. The van der Waals surface area contributed by atoms with Gasteiger partial charge in [0.25, 0.3) is 0 Å². The van der Waals surface area contributed by atoms with Gasteiger partial charge in [-0.3, -0.25) is 0 Å². The average Bonchev–Trinajstić information content (AvgIpc) is 2.22. The van der Waals surface area contributed by atoms with Gasteiger partial charge in [-0.25, -0.2) is 18.7 Å². The lowest BCUT2D eigenvalue weighted by atomic mass is 10.3. The smallest absolute Gasteiger partial charge is 0.146 e. The van der Waals surface area contributed by atoms with Crippen LogP contribution in [0.1, 0.15) is 5.82 Å². The molecular weight excluding hydrogens is 292 g/mol. The van der Waals surface area contributed by atoms with Crippen molar-refractivity contribution in [3.8, 4) is 0 Å². The quantitative estimate of drug-likeness (QED) is 0.862.